The normalized spacial score (nSPS) is 11.2. The van der Waals surface area contributed by atoms with Crippen molar-refractivity contribution < 1.29 is 14.4 Å². The molecular weight excluding hydrogens is 282 g/mol. The number of nitrogens with one attached hydrogen (secondary N) is 2. The first-order chi connectivity index (χ1) is 10.3. The molecule has 0 fully saturated rings. The highest BCUT2D eigenvalue weighted by atomic mass is 16.2. The van der Waals surface area contributed by atoms with Crippen molar-refractivity contribution in [3.8, 4) is 0 Å². The molecule has 6 heteroatoms. The summed E-state index contributed by atoms with van der Waals surface area (Å²) >= 11 is 0. The van der Waals surface area contributed by atoms with Crippen molar-refractivity contribution in [3.63, 3.8) is 0 Å². The largest absolute Gasteiger partial charge is 0.368 e. The Morgan fingerprint density at radius 2 is 1.91 bits per heavy atom. The smallest absolute Gasteiger partial charge is 0.252 e. The quantitative estimate of drug-likeness (QED) is 0.695. The Labute approximate surface area is 129 Å². The van der Waals surface area contributed by atoms with Crippen LogP contribution in [0.1, 0.15) is 37.6 Å². The van der Waals surface area contributed by atoms with E-state index < -0.39 is 17.9 Å². The first kappa shape index (κ1) is 17.4. The molecule has 0 aliphatic carbocycles. The van der Waals surface area contributed by atoms with Gasteiger partial charge in [-0.3, -0.25) is 14.4 Å². The zero-order valence-electron chi connectivity index (χ0n) is 13.0. The highest BCUT2D eigenvalue weighted by Gasteiger charge is 2.18. The van der Waals surface area contributed by atoms with Gasteiger partial charge in [0.05, 0.1) is 0 Å². The lowest BCUT2D eigenvalue weighted by Gasteiger charge is -2.14. The fourth-order valence-corrected chi connectivity index (χ4v) is 1.78. The molecule has 0 heterocycles. The van der Waals surface area contributed by atoms with E-state index in [1.54, 1.807) is 18.2 Å². The predicted octanol–water partition coefficient (Wildman–Crippen LogP) is 1.58. The van der Waals surface area contributed by atoms with E-state index in [1.165, 1.54) is 13.0 Å². The lowest BCUT2D eigenvalue weighted by molar-refractivity contribution is -0.119. The molecule has 1 aromatic rings. The summed E-state index contributed by atoms with van der Waals surface area (Å²) in [5.41, 5.74) is 7.20. The second-order valence-corrected chi connectivity index (χ2v) is 5.21. The Balaban J connectivity index is 2.83. The molecule has 0 bridgehead atoms. The van der Waals surface area contributed by atoms with Gasteiger partial charge in [-0.2, -0.15) is 0 Å². The molecule has 0 spiro atoms. The van der Waals surface area contributed by atoms with E-state index in [4.69, 9.17) is 5.73 Å². The van der Waals surface area contributed by atoms with Crippen LogP contribution in [0.15, 0.2) is 35.9 Å². The van der Waals surface area contributed by atoms with Crippen LogP contribution in [0.4, 0.5) is 5.69 Å². The highest BCUT2D eigenvalue weighted by molar-refractivity contribution is 5.99. The Morgan fingerprint density at radius 3 is 2.45 bits per heavy atom. The van der Waals surface area contributed by atoms with Crippen molar-refractivity contribution in [2.75, 3.05) is 5.32 Å². The Bertz CT molecular complexity index is 604. The standard InChI is InChI=1S/C16H21N3O3/c1-10(2)7-8-14(15(17)21)19-16(22)12-5-4-6-13(9-12)18-11(3)20/h4-7,9,14H,8H2,1-3H3,(H2,17,21)(H,18,20)(H,19,22)/t14-/m1/s1. The Hall–Kier alpha value is -2.63. The van der Waals surface area contributed by atoms with Crippen molar-refractivity contribution in [3.05, 3.63) is 41.5 Å². The number of nitrogens with two attached hydrogens (primary N) is 1. The van der Waals surface area contributed by atoms with Gasteiger partial charge in [-0.05, 0) is 38.5 Å². The zero-order chi connectivity index (χ0) is 16.7. The van der Waals surface area contributed by atoms with Crippen LogP contribution in [0.25, 0.3) is 0 Å². The number of primary amides is 1. The summed E-state index contributed by atoms with van der Waals surface area (Å²) in [6.07, 6.45) is 2.18. The van der Waals surface area contributed by atoms with Gasteiger partial charge < -0.3 is 16.4 Å². The monoisotopic (exact) mass is 303 g/mol. The summed E-state index contributed by atoms with van der Waals surface area (Å²) in [6, 6.07) is 5.68. The van der Waals surface area contributed by atoms with Crippen molar-refractivity contribution in [2.24, 2.45) is 5.73 Å². The fourth-order valence-electron chi connectivity index (χ4n) is 1.78. The Kier molecular flexibility index (Phi) is 6.31. The molecule has 1 atom stereocenters. The Morgan fingerprint density at radius 1 is 1.23 bits per heavy atom. The zero-order valence-corrected chi connectivity index (χ0v) is 13.0. The molecule has 0 aliphatic heterocycles. The van der Waals surface area contributed by atoms with E-state index in [2.05, 4.69) is 10.6 Å². The van der Waals surface area contributed by atoms with E-state index in [0.717, 1.165) is 5.57 Å². The fraction of sp³-hybridized carbons (Fsp3) is 0.312. The maximum Gasteiger partial charge on any atom is 0.252 e. The molecule has 4 N–H and O–H groups in total. The molecule has 0 unspecified atom stereocenters. The van der Waals surface area contributed by atoms with Crippen molar-refractivity contribution in [1.29, 1.82) is 0 Å². The number of hydrogen-bond donors (Lipinski definition) is 3. The summed E-state index contributed by atoms with van der Waals surface area (Å²) in [7, 11) is 0. The van der Waals surface area contributed by atoms with E-state index in [0.29, 0.717) is 17.7 Å². The van der Waals surface area contributed by atoms with E-state index in [9.17, 15) is 14.4 Å². The molecule has 0 aliphatic rings. The van der Waals surface area contributed by atoms with Crippen molar-refractivity contribution in [1.82, 2.24) is 5.32 Å². The van der Waals surface area contributed by atoms with Crippen LogP contribution in [0, 0.1) is 0 Å². The third kappa shape index (κ3) is 5.78. The van der Waals surface area contributed by atoms with E-state index in [1.807, 2.05) is 19.9 Å². The molecule has 0 saturated carbocycles. The van der Waals surface area contributed by atoms with Crippen LogP contribution < -0.4 is 16.4 Å². The average Bonchev–Trinajstić information content (AvgIpc) is 2.42. The highest BCUT2D eigenvalue weighted by Crippen LogP contribution is 2.11. The lowest BCUT2D eigenvalue weighted by atomic mass is 10.1. The second-order valence-electron chi connectivity index (χ2n) is 5.21. The summed E-state index contributed by atoms with van der Waals surface area (Å²) in [4.78, 5) is 34.6. The summed E-state index contributed by atoms with van der Waals surface area (Å²) in [5.74, 6) is -1.24. The van der Waals surface area contributed by atoms with Crippen LogP contribution in [0.2, 0.25) is 0 Å². The van der Waals surface area contributed by atoms with Crippen molar-refractivity contribution >= 4 is 23.4 Å². The molecular formula is C16H21N3O3. The van der Waals surface area contributed by atoms with Gasteiger partial charge in [0.1, 0.15) is 6.04 Å². The summed E-state index contributed by atoms with van der Waals surface area (Å²) in [5, 5.41) is 5.19. The number of allylic oxidation sites excluding steroid dienone is 1. The minimum Gasteiger partial charge on any atom is -0.368 e. The lowest BCUT2D eigenvalue weighted by Crippen LogP contribution is -2.44. The van der Waals surface area contributed by atoms with Crippen LogP contribution >= 0.6 is 0 Å². The van der Waals surface area contributed by atoms with Gasteiger partial charge in [0.2, 0.25) is 11.8 Å². The van der Waals surface area contributed by atoms with Crippen LogP contribution in [0.3, 0.4) is 0 Å². The first-order valence-electron chi connectivity index (χ1n) is 6.90. The van der Waals surface area contributed by atoms with Gasteiger partial charge in [0.15, 0.2) is 0 Å². The van der Waals surface area contributed by atoms with Gasteiger partial charge in [-0.15, -0.1) is 0 Å². The molecule has 0 aromatic heterocycles. The van der Waals surface area contributed by atoms with Crippen LogP contribution in [-0.4, -0.2) is 23.8 Å². The molecule has 1 rings (SSSR count). The number of hydrogen-bond acceptors (Lipinski definition) is 3. The maximum absolute atomic E-state index is 12.2. The van der Waals surface area contributed by atoms with E-state index in [-0.39, 0.29) is 5.91 Å². The number of rotatable bonds is 6. The second kappa shape index (κ2) is 7.97. The minimum atomic E-state index is -0.771. The molecule has 6 nitrogen and oxygen atoms in total. The summed E-state index contributed by atoms with van der Waals surface area (Å²) in [6.45, 7) is 5.18. The minimum absolute atomic E-state index is 0.226. The van der Waals surface area contributed by atoms with Gasteiger partial charge in [-0.1, -0.05) is 17.7 Å². The molecule has 1 aromatic carbocycles. The molecule has 118 valence electrons. The van der Waals surface area contributed by atoms with Crippen LogP contribution in [-0.2, 0) is 9.59 Å². The van der Waals surface area contributed by atoms with Gasteiger partial charge in [0, 0.05) is 18.2 Å². The maximum atomic E-state index is 12.2. The molecule has 0 radical (unpaired) electrons. The molecule has 22 heavy (non-hydrogen) atoms. The van der Waals surface area contributed by atoms with Gasteiger partial charge in [-0.25, -0.2) is 0 Å². The number of carbonyl (C=O) groups excluding carboxylic acids is 3. The predicted molar refractivity (Wildman–Crippen MR) is 85.2 cm³/mol. The number of anilines is 1. The first-order valence-corrected chi connectivity index (χ1v) is 6.90. The molecule has 3 amide bonds. The summed E-state index contributed by atoms with van der Waals surface area (Å²) < 4.78 is 0. The SMILES string of the molecule is CC(=O)Nc1cccc(C(=O)N[C@H](CC=C(C)C)C(N)=O)c1. The van der Waals surface area contributed by atoms with Crippen LogP contribution in [0.5, 0.6) is 0 Å². The third-order valence-corrected chi connectivity index (χ3v) is 2.86. The topological polar surface area (TPSA) is 101 Å². The van der Waals surface area contributed by atoms with Crippen molar-refractivity contribution in [2.45, 2.75) is 33.2 Å². The molecule has 0 saturated heterocycles. The third-order valence-electron chi connectivity index (χ3n) is 2.86. The van der Waals surface area contributed by atoms with Gasteiger partial charge in [0.25, 0.3) is 5.91 Å². The average molecular weight is 303 g/mol. The number of amides is 3. The van der Waals surface area contributed by atoms with Gasteiger partial charge >= 0.3 is 0 Å². The number of carbonyl (C=O) groups is 3. The van der Waals surface area contributed by atoms with E-state index >= 15 is 0 Å². The number of benzene rings is 1.